The lowest BCUT2D eigenvalue weighted by Gasteiger charge is -2.28. The van der Waals surface area contributed by atoms with Crippen molar-refractivity contribution >= 4 is 6.08 Å². The third-order valence-corrected chi connectivity index (χ3v) is 8.97. The maximum Gasteiger partial charge on any atom is 0.432 e. The van der Waals surface area contributed by atoms with Crippen molar-refractivity contribution < 1.29 is 39.9 Å². The molecular weight excluding hydrogens is 652 g/mol. The first-order chi connectivity index (χ1) is 23.4. The molecule has 260 valence electrons. The molecule has 0 saturated heterocycles. The zero-order valence-corrected chi connectivity index (χ0v) is 26.9. The molecule has 0 bridgehead atoms. The van der Waals surface area contributed by atoms with Gasteiger partial charge in [-0.05, 0) is 85.3 Å². The van der Waals surface area contributed by atoms with Gasteiger partial charge in [-0.2, -0.15) is 8.78 Å². The molecule has 1 fully saturated rings. The summed E-state index contributed by atoms with van der Waals surface area (Å²) in [6, 6.07) is 6.19. The van der Waals surface area contributed by atoms with Crippen LogP contribution in [-0.4, -0.2) is 9.97 Å². The van der Waals surface area contributed by atoms with Gasteiger partial charge in [0.1, 0.15) is 28.8 Å². The van der Waals surface area contributed by atoms with Gasteiger partial charge in [0.05, 0.1) is 0 Å². The zero-order valence-electron chi connectivity index (χ0n) is 26.9. The average Bonchev–Trinajstić information content (AvgIpc) is 3.06. The van der Waals surface area contributed by atoms with Crippen LogP contribution in [0.5, 0.6) is 5.75 Å². The number of aryl methyl sites for hydroxylation is 1. The summed E-state index contributed by atoms with van der Waals surface area (Å²) in [5.41, 5.74) is 0.124. The number of alkyl halides is 2. The minimum atomic E-state index is -4.68. The van der Waals surface area contributed by atoms with E-state index < -0.39 is 52.3 Å². The van der Waals surface area contributed by atoms with Gasteiger partial charge in [-0.25, -0.2) is 36.3 Å². The number of halogens is 8. The molecule has 0 spiro atoms. The summed E-state index contributed by atoms with van der Waals surface area (Å²) in [4.78, 5) is 9.00. The van der Waals surface area contributed by atoms with Crippen LogP contribution in [0.4, 0.5) is 35.1 Å². The van der Waals surface area contributed by atoms with Crippen LogP contribution in [0.2, 0.25) is 0 Å². The summed E-state index contributed by atoms with van der Waals surface area (Å²) < 4.78 is 117. The van der Waals surface area contributed by atoms with Crippen molar-refractivity contribution in [2.45, 2.75) is 83.2 Å². The first-order valence-electron chi connectivity index (χ1n) is 16.4. The lowest BCUT2D eigenvalue weighted by Crippen LogP contribution is -2.25. The highest BCUT2D eigenvalue weighted by Crippen LogP contribution is 2.38. The fourth-order valence-electron chi connectivity index (χ4n) is 6.27. The predicted octanol–water partition coefficient (Wildman–Crippen LogP) is 11.6. The Hall–Kier alpha value is -4.28. The van der Waals surface area contributed by atoms with Crippen LogP contribution in [0.25, 0.3) is 17.5 Å². The van der Waals surface area contributed by atoms with Gasteiger partial charge < -0.3 is 4.74 Å². The van der Waals surface area contributed by atoms with E-state index in [-0.39, 0.29) is 30.5 Å². The van der Waals surface area contributed by atoms with Crippen LogP contribution in [0.15, 0.2) is 60.9 Å². The van der Waals surface area contributed by atoms with Crippen molar-refractivity contribution in [2.75, 3.05) is 0 Å². The minimum absolute atomic E-state index is 0.107. The molecule has 1 aliphatic carbocycles. The summed E-state index contributed by atoms with van der Waals surface area (Å²) in [6.07, 6.45) is 12.1. The number of rotatable bonds is 13. The Kier molecular flexibility index (Phi) is 11.7. The highest BCUT2D eigenvalue weighted by molar-refractivity contribution is 5.56. The van der Waals surface area contributed by atoms with Crippen molar-refractivity contribution in [1.82, 2.24) is 9.97 Å². The zero-order chi connectivity index (χ0) is 35.1. The van der Waals surface area contributed by atoms with E-state index in [0.717, 1.165) is 24.3 Å². The molecule has 1 saturated carbocycles. The van der Waals surface area contributed by atoms with Crippen molar-refractivity contribution in [1.29, 1.82) is 0 Å². The van der Waals surface area contributed by atoms with Crippen LogP contribution < -0.4 is 4.74 Å². The first-order valence-corrected chi connectivity index (χ1v) is 16.4. The molecule has 0 radical (unpaired) electrons. The van der Waals surface area contributed by atoms with E-state index in [1.807, 2.05) is 12.4 Å². The van der Waals surface area contributed by atoms with Crippen LogP contribution in [0.3, 0.4) is 0 Å². The van der Waals surface area contributed by atoms with E-state index in [2.05, 4.69) is 21.6 Å². The smallest absolute Gasteiger partial charge is 0.429 e. The van der Waals surface area contributed by atoms with Crippen molar-refractivity contribution in [3.05, 3.63) is 118 Å². The monoisotopic (exact) mass is 688 g/mol. The second-order valence-electron chi connectivity index (χ2n) is 12.5. The number of unbranched alkanes of at least 4 members (excludes halogenated alkanes) is 2. The summed E-state index contributed by atoms with van der Waals surface area (Å²) in [6.45, 7) is 2.22. The summed E-state index contributed by atoms with van der Waals surface area (Å²) in [7, 11) is 0. The molecule has 1 heterocycles. The molecule has 1 aliphatic rings. The Morgan fingerprint density at radius 2 is 1.45 bits per heavy atom. The normalized spacial score (nSPS) is 16.8. The van der Waals surface area contributed by atoms with Gasteiger partial charge in [0.25, 0.3) is 0 Å². The van der Waals surface area contributed by atoms with Gasteiger partial charge in [-0.15, -0.1) is 0 Å². The maximum atomic E-state index is 15.0. The number of aromatic nitrogens is 2. The first kappa shape index (κ1) is 36.0. The van der Waals surface area contributed by atoms with Gasteiger partial charge in [-0.3, -0.25) is 0 Å². The fourth-order valence-corrected chi connectivity index (χ4v) is 6.27. The molecule has 5 rings (SSSR count). The second kappa shape index (κ2) is 16.0. The molecule has 0 amide bonds. The topological polar surface area (TPSA) is 35.0 Å². The summed E-state index contributed by atoms with van der Waals surface area (Å²) in [5.74, 6) is -8.90. The summed E-state index contributed by atoms with van der Waals surface area (Å²) >= 11 is 0. The third kappa shape index (κ3) is 9.05. The Labute approximate surface area is 280 Å². The van der Waals surface area contributed by atoms with E-state index in [9.17, 15) is 35.1 Å². The van der Waals surface area contributed by atoms with E-state index in [1.165, 1.54) is 56.7 Å². The van der Waals surface area contributed by atoms with E-state index in [4.69, 9.17) is 0 Å². The largest absolute Gasteiger partial charge is 0.432 e. The van der Waals surface area contributed by atoms with E-state index in [0.29, 0.717) is 35.0 Å². The maximum absolute atomic E-state index is 15.0. The van der Waals surface area contributed by atoms with Crippen molar-refractivity contribution in [3.8, 4) is 17.1 Å². The van der Waals surface area contributed by atoms with Gasteiger partial charge >= 0.3 is 6.11 Å². The van der Waals surface area contributed by atoms with Crippen LogP contribution in [0.1, 0.15) is 92.9 Å². The van der Waals surface area contributed by atoms with E-state index >= 15 is 0 Å². The van der Waals surface area contributed by atoms with Gasteiger partial charge in [0.15, 0.2) is 23.3 Å². The molecule has 1 aromatic heterocycles. The number of allylic oxidation sites excluding steroid dienone is 1. The molecule has 0 aliphatic heterocycles. The Morgan fingerprint density at radius 1 is 0.796 bits per heavy atom. The average molecular weight is 689 g/mol. The number of benzene rings is 3. The molecule has 0 unspecified atom stereocenters. The van der Waals surface area contributed by atoms with Gasteiger partial charge in [0.2, 0.25) is 0 Å². The minimum Gasteiger partial charge on any atom is -0.429 e. The van der Waals surface area contributed by atoms with Crippen LogP contribution in [0, 0.1) is 40.8 Å². The quantitative estimate of drug-likeness (QED) is 0.0797. The number of hydrogen-bond donors (Lipinski definition) is 0. The van der Waals surface area contributed by atoms with Crippen LogP contribution >= 0.6 is 0 Å². The number of hydrogen-bond acceptors (Lipinski definition) is 3. The molecule has 0 N–H and O–H groups in total. The third-order valence-electron chi connectivity index (χ3n) is 8.97. The Morgan fingerprint density at radius 3 is 2.06 bits per heavy atom. The van der Waals surface area contributed by atoms with Gasteiger partial charge in [-0.1, -0.05) is 56.9 Å². The molecule has 0 atom stereocenters. The predicted molar refractivity (Wildman–Crippen MR) is 171 cm³/mol. The molecule has 11 heteroatoms. The van der Waals surface area contributed by atoms with Crippen molar-refractivity contribution in [2.24, 2.45) is 5.92 Å². The fraction of sp³-hybridized carbons (Fsp3) is 0.368. The Balaban J connectivity index is 1.15. The number of ether oxygens (including phenoxy) is 1. The summed E-state index contributed by atoms with van der Waals surface area (Å²) in [5, 5.41) is 0. The van der Waals surface area contributed by atoms with Crippen molar-refractivity contribution in [3.63, 3.8) is 0 Å². The highest BCUT2D eigenvalue weighted by atomic mass is 19.3. The lowest BCUT2D eigenvalue weighted by molar-refractivity contribution is -0.189. The molecule has 3 nitrogen and oxygen atoms in total. The van der Waals surface area contributed by atoms with E-state index in [1.54, 1.807) is 12.1 Å². The van der Waals surface area contributed by atoms with Gasteiger partial charge in [0, 0.05) is 30.1 Å². The molecule has 49 heavy (non-hydrogen) atoms. The standard InChI is InChI=1S/C38H36F8N2O/c1-2-3-4-7-23-10-12-25(13-11-23)28-21-47-37(48-22-28)27-15-14-26(30(39)18-27)9-6-5-8-24-16-31(40)35(32(41)17-24)38(45,46)49-29-19-33(42)36(44)34(43)20-29/h5,8,14-23,25H,2-4,6-7,9-13H2,1H3/b8-5+. The number of nitrogens with zero attached hydrogens (tertiary/aromatic N) is 2. The molecule has 3 aromatic carbocycles. The highest BCUT2D eigenvalue weighted by Gasteiger charge is 2.41. The SMILES string of the molecule is CCCCCC1CCC(c2cnc(-c3ccc(CC/C=C/c4cc(F)c(C(F)(F)Oc5cc(F)c(F)c(F)c5)c(F)c4)c(F)c3)nc2)CC1. The second-order valence-corrected chi connectivity index (χ2v) is 12.5. The Bertz CT molecular complexity index is 1720. The van der Waals surface area contributed by atoms with Crippen LogP contribution in [-0.2, 0) is 12.5 Å². The molecular formula is C38H36F8N2O. The molecule has 4 aromatic rings. The lowest BCUT2D eigenvalue weighted by atomic mass is 9.77.